The van der Waals surface area contributed by atoms with Crippen molar-refractivity contribution in [2.45, 2.75) is 27.2 Å². The van der Waals surface area contributed by atoms with E-state index < -0.39 is 0 Å². The second-order valence-electron chi connectivity index (χ2n) is 3.68. The van der Waals surface area contributed by atoms with Gasteiger partial charge in [-0.25, -0.2) is 4.39 Å². The lowest BCUT2D eigenvalue weighted by molar-refractivity contribution is 0.628. The highest BCUT2D eigenvalue weighted by Gasteiger charge is 2.02. The van der Waals surface area contributed by atoms with Crippen molar-refractivity contribution in [2.24, 2.45) is 0 Å². The Morgan fingerprint density at radius 2 is 1.50 bits per heavy atom. The lowest BCUT2D eigenvalue weighted by Gasteiger charge is -2.04. The molecule has 0 aliphatic heterocycles. The molecule has 0 spiro atoms. The Balaban J connectivity index is 0.000000771. The molecule has 0 radical (unpaired) electrons. The topological polar surface area (TPSA) is 0 Å². The number of benzene rings is 2. The van der Waals surface area contributed by atoms with Gasteiger partial charge >= 0.3 is 0 Å². The van der Waals surface area contributed by atoms with Crippen molar-refractivity contribution in [1.82, 2.24) is 0 Å². The highest BCUT2D eigenvalue weighted by Crippen LogP contribution is 2.25. The average Bonchev–Trinajstić information content (AvgIpc) is 2.44. The summed E-state index contributed by atoms with van der Waals surface area (Å²) in [5.41, 5.74) is 3.28. The second-order valence-corrected chi connectivity index (χ2v) is 4.09. The van der Waals surface area contributed by atoms with Crippen LogP contribution in [0.1, 0.15) is 26.3 Å². The highest BCUT2D eigenvalue weighted by atomic mass is 35.5. The van der Waals surface area contributed by atoms with E-state index in [-0.39, 0.29) is 10.8 Å². The van der Waals surface area contributed by atoms with Crippen molar-refractivity contribution < 1.29 is 4.39 Å². The molecule has 0 fully saturated rings. The molecule has 0 aromatic heterocycles. The van der Waals surface area contributed by atoms with Crippen molar-refractivity contribution >= 4 is 11.6 Å². The Hall–Kier alpha value is -1.34. The van der Waals surface area contributed by atoms with E-state index in [0.29, 0.717) is 0 Å². The second kappa shape index (κ2) is 7.17. The Morgan fingerprint density at radius 1 is 0.944 bits per heavy atom. The third-order valence-electron chi connectivity index (χ3n) is 2.62. The van der Waals surface area contributed by atoms with Crippen LogP contribution in [0.15, 0.2) is 42.5 Å². The lowest BCUT2D eigenvalue weighted by atomic mass is 10.0. The number of rotatable bonds is 2. The van der Waals surface area contributed by atoms with Crippen LogP contribution < -0.4 is 0 Å². The van der Waals surface area contributed by atoms with Crippen LogP contribution in [-0.4, -0.2) is 0 Å². The first-order valence-electron chi connectivity index (χ1n) is 6.25. The number of aryl methyl sites for hydroxylation is 1. The Kier molecular flexibility index (Phi) is 5.87. The van der Waals surface area contributed by atoms with Gasteiger partial charge in [0.25, 0.3) is 0 Å². The Morgan fingerprint density at radius 3 is 2.00 bits per heavy atom. The van der Waals surface area contributed by atoms with Gasteiger partial charge in [0, 0.05) is 0 Å². The summed E-state index contributed by atoms with van der Waals surface area (Å²) in [5, 5.41) is 0.164. The van der Waals surface area contributed by atoms with Gasteiger partial charge in [0.15, 0.2) is 0 Å². The summed E-state index contributed by atoms with van der Waals surface area (Å²) < 4.78 is 13.0. The smallest absolute Gasteiger partial charge is 0.141 e. The molecule has 0 unspecified atom stereocenters. The van der Waals surface area contributed by atoms with Crippen LogP contribution in [0.4, 0.5) is 4.39 Å². The van der Waals surface area contributed by atoms with E-state index in [1.807, 2.05) is 26.0 Å². The number of hydrogen-bond acceptors (Lipinski definition) is 0. The highest BCUT2D eigenvalue weighted by molar-refractivity contribution is 6.31. The van der Waals surface area contributed by atoms with Gasteiger partial charge in [-0.05, 0) is 35.2 Å². The number of hydrogen-bond donors (Lipinski definition) is 0. The first-order valence-corrected chi connectivity index (χ1v) is 6.63. The summed E-state index contributed by atoms with van der Waals surface area (Å²) >= 11 is 5.75. The minimum atomic E-state index is -0.379. The third kappa shape index (κ3) is 3.58. The number of halogens is 2. The minimum absolute atomic E-state index is 0.164. The van der Waals surface area contributed by atoms with E-state index in [4.69, 9.17) is 11.6 Å². The van der Waals surface area contributed by atoms with Gasteiger partial charge in [-0.2, -0.15) is 0 Å². The van der Waals surface area contributed by atoms with Crippen LogP contribution in [0, 0.1) is 5.82 Å². The fourth-order valence-electron chi connectivity index (χ4n) is 1.61. The first kappa shape index (κ1) is 14.7. The quantitative estimate of drug-likeness (QED) is 0.649. The zero-order valence-corrected chi connectivity index (χ0v) is 11.8. The molecule has 2 heteroatoms. The molecule has 18 heavy (non-hydrogen) atoms. The van der Waals surface area contributed by atoms with E-state index in [9.17, 15) is 4.39 Å². The molecule has 96 valence electrons. The van der Waals surface area contributed by atoms with Gasteiger partial charge in [-0.15, -0.1) is 0 Å². The SMILES string of the molecule is CC.CCc1ccc(-c2ccc(F)c(Cl)c2)cc1. The normalized spacial score (nSPS) is 9.61. The zero-order chi connectivity index (χ0) is 13.5. The molecule has 0 heterocycles. The summed E-state index contributed by atoms with van der Waals surface area (Å²) in [6, 6.07) is 13.0. The van der Waals surface area contributed by atoms with Crippen molar-refractivity contribution in [2.75, 3.05) is 0 Å². The fraction of sp³-hybridized carbons (Fsp3) is 0.250. The summed E-state index contributed by atoms with van der Waals surface area (Å²) in [4.78, 5) is 0. The molecule has 0 bridgehead atoms. The average molecular weight is 265 g/mol. The van der Waals surface area contributed by atoms with Crippen molar-refractivity contribution in [3.63, 3.8) is 0 Å². The summed E-state index contributed by atoms with van der Waals surface area (Å²) in [5.74, 6) is -0.379. The first-order chi connectivity index (χ1) is 8.70. The van der Waals surface area contributed by atoms with Gasteiger partial charge < -0.3 is 0 Å². The van der Waals surface area contributed by atoms with Crippen LogP contribution >= 0.6 is 11.6 Å². The van der Waals surface area contributed by atoms with E-state index in [2.05, 4.69) is 19.1 Å². The minimum Gasteiger partial charge on any atom is -0.205 e. The molecule has 2 aromatic rings. The van der Waals surface area contributed by atoms with E-state index >= 15 is 0 Å². The molecule has 0 atom stereocenters. The molecule has 0 aliphatic carbocycles. The van der Waals surface area contributed by atoms with E-state index in [0.717, 1.165) is 17.5 Å². The molecule has 0 amide bonds. The molecule has 0 saturated heterocycles. The Labute approximate surface area is 113 Å². The van der Waals surface area contributed by atoms with Crippen LogP contribution in [-0.2, 0) is 6.42 Å². The van der Waals surface area contributed by atoms with Crippen LogP contribution in [0.25, 0.3) is 11.1 Å². The summed E-state index contributed by atoms with van der Waals surface area (Å²) in [6.07, 6.45) is 1.02. The molecular formula is C16H18ClF. The van der Waals surface area contributed by atoms with Crippen LogP contribution in [0.3, 0.4) is 0 Å². The monoisotopic (exact) mass is 264 g/mol. The maximum absolute atomic E-state index is 13.0. The molecule has 0 saturated carbocycles. The molecule has 2 aromatic carbocycles. The fourth-order valence-corrected chi connectivity index (χ4v) is 1.79. The van der Waals surface area contributed by atoms with E-state index in [1.54, 1.807) is 12.1 Å². The van der Waals surface area contributed by atoms with Gasteiger partial charge in [-0.3, -0.25) is 0 Å². The lowest BCUT2D eigenvalue weighted by Crippen LogP contribution is -1.83. The third-order valence-corrected chi connectivity index (χ3v) is 2.90. The standard InChI is InChI=1S/C14H12ClF.C2H6/c1-2-10-3-5-11(6-4-10)12-7-8-14(16)13(15)9-12;1-2/h3-9H,2H2,1H3;1-2H3. The molecule has 0 N–H and O–H groups in total. The maximum Gasteiger partial charge on any atom is 0.141 e. The maximum atomic E-state index is 13.0. The predicted molar refractivity (Wildman–Crippen MR) is 77.6 cm³/mol. The Bertz CT molecular complexity index is 489. The van der Waals surface area contributed by atoms with Gasteiger partial charge in [-0.1, -0.05) is 62.7 Å². The molecule has 0 aliphatic rings. The molecule has 2 rings (SSSR count). The van der Waals surface area contributed by atoms with Crippen molar-refractivity contribution in [1.29, 1.82) is 0 Å². The summed E-state index contributed by atoms with van der Waals surface area (Å²) in [7, 11) is 0. The van der Waals surface area contributed by atoms with Crippen molar-refractivity contribution in [3.8, 4) is 11.1 Å². The summed E-state index contributed by atoms with van der Waals surface area (Å²) in [6.45, 7) is 6.11. The molecule has 0 nitrogen and oxygen atoms in total. The van der Waals surface area contributed by atoms with Crippen molar-refractivity contribution in [3.05, 3.63) is 58.9 Å². The predicted octanol–water partition coefficient (Wildman–Crippen LogP) is 5.73. The zero-order valence-electron chi connectivity index (χ0n) is 11.0. The van der Waals surface area contributed by atoms with Crippen LogP contribution in [0.2, 0.25) is 5.02 Å². The van der Waals surface area contributed by atoms with E-state index in [1.165, 1.54) is 11.6 Å². The molecular weight excluding hydrogens is 247 g/mol. The largest absolute Gasteiger partial charge is 0.205 e. The van der Waals surface area contributed by atoms with Gasteiger partial charge in [0.1, 0.15) is 5.82 Å². The van der Waals surface area contributed by atoms with Gasteiger partial charge in [0.2, 0.25) is 0 Å². The van der Waals surface area contributed by atoms with Crippen LogP contribution in [0.5, 0.6) is 0 Å². The van der Waals surface area contributed by atoms with Gasteiger partial charge in [0.05, 0.1) is 5.02 Å².